The Morgan fingerprint density at radius 1 is 1.00 bits per heavy atom. The van der Waals surface area contributed by atoms with Crippen molar-refractivity contribution in [2.24, 2.45) is 11.8 Å². The first-order chi connectivity index (χ1) is 12.6. The summed E-state index contributed by atoms with van der Waals surface area (Å²) in [6.45, 7) is 8.76. The molecular formula is C21H26O5S. The Labute approximate surface area is 161 Å². The monoisotopic (exact) mass is 390 g/mol. The normalized spacial score (nSPS) is 13.0. The molecule has 0 aliphatic carbocycles. The van der Waals surface area contributed by atoms with Crippen molar-refractivity contribution >= 4 is 16.1 Å². The SMILES string of the molecule is CC(C)CC(c1ccc(OC(=O)c2ccccc2S(=O)(=O)O)cc1)C(C)C. The zero-order valence-corrected chi connectivity index (χ0v) is 16.9. The molecule has 146 valence electrons. The Balaban J connectivity index is 2.21. The highest BCUT2D eigenvalue weighted by atomic mass is 32.2. The van der Waals surface area contributed by atoms with E-state index >= 15 is 0 Å². The molecular weight excluding hydrogens is 364 g/mol. The summed E-state index contributed by atoms with van der Waals surface area (Å²) < 4.78 is 37.4. The number of benzene rings is 2. The maximum Gasteiger partial charge on any atom is 0.344 e. The smallest absolute Gasteiger partial charge is 0.344 e. The summed E-state index contributed by atoms with van der Waals surface area (Å²) in [6, 6.07) is 12.7. The van der Waals surface area contributed by atoms with Crippen LogP contribution in [0.25, 0.3) is 0 Å². The minimum absolute atomic E-state index is 0.205. The van der Waals surface area contributed by atoms with E-state index in [1.165, 1.54) is 23.8 Å². The lowest BCUT2D eigenvalue weighted by Gasteiger charge is -2.23. The van der Waals surface area contributed by atoms with Gasteiger partial charge in [-0.2, -0.15) is 8.42 Å². The van der Waals surface area contributed by atoms with Crippen LogP contribution in [0.5, 0.6) is 5.75 Å². The van der Waals surface area contributed by atoms with Crippen molar-refractivity contribution in [1.29, 1.82) is 0 Å². The van der Waals surface area contributed by atoms with Gasteiger partial charge in [0.25, 0.3) is 10.1 Å². The number of hydrogen-bond donors (Lipinski definition) is 1. The molecule has 0 amide bonds. The van der Waals surface area contributed by atoms with Gasteiger partial charge in [-0.3, -0.25) is 4.55 Å². The van der Waals surface area contributed by atoms with Gasteiger partial charge in [0.15, 0.2) is 0 Å². The van der Waals surface area contributed by atoms with E-state index in [1.807, 2.05) is 12.1 Å². The summed E-state index contributed by atoms with van der Waals surface area (Å²) in [5.41, 5.74) is 0.973. The van der Waals surface area contributed by atoms with E-state index in [9.17, 15) is 17.8 Å². The molecule has 2 aromatic rings. The fraction of sp³-hybridized carbons (Fsp3) is 0.381. The van der Waals surface area contributed by atoms with Crippen molar-refractivity contribution in [3.05, 3.63) is 59.7 Å². The Morgan fingerprint density at radius 2 is 1.59 bits per heavy atom. The summed E-state index contributed by atoms with van der Waals surface area (Å²) in [4.78, 5) is 11.9. The van der Waals surface area contributed by atoms with Crippen molar-refractivity contribution in [2.75, 3.05) is 0 Å². The zero-order chi connectivity index (χ0) is 20.2. The number of hydrogen-bond acceptors (Lipinski definition) is 4. The van der Waals surface area contributed by atoms with Gasteiger partial charge in [-0.25, -0.2) is 4.79 Å². The number of carbonyl (C=O) groups excluding carboxylic acids is 1. The van der Waals surface area contributed by atoms with Gasteiger partial charge in [0.1, 0.15) is 10.6 Å². The molecule has 2 aromatic carbocycles. The van der Waals surface area contributed by atoms with Crippen LogP contribution in [0.1, 0.15) is 56.0 Å². The van der Waals surface area contributed by atoms with Crippen LogP contribution in [0.2, 0.25) is 0 Å². The van der Waals surface area contributed by atoms with E-state index < -0.39 is 21.0 Å². The van der Waals surface area contributed by atoms with E-state index in [2.05, 4.69) is 27.7 Å². The van der Waals surface area contributed by atoms with Gasteiger partial charge in [-0.15, -0.1) is 0 Å². The van der Waals surface area contributed by atoms with Gasteiger partial charge in [-0.1, -0.05) is 52.0 Å². The molecule has 0 aliphatic rings. The molecule has 1 unspecified atom stereocenters. The molecule has 0 heterocycles. The van der Waals surface area contributed by atoms with Crippen LogP contribution < -0.4 is 4.74 Å². The predicted octanol–water partition coefficient (Wildman–Crippen LogP) is 4.94. The van der Waals surface area contributed by atoms with E-state index in [4.69, 9.17) is 4.74 Å². The van der Waals surface area contributed by atoms with Crippen molar-refractivity contribution in [2.45, 2.75) is 44.9 Å². The van der Waals surface area contributed by atoms with Crippen LogP contribution in [-0.4, -0.2) is 18.9 Å². The molecule has 27 heavy (non-hydrogen) atoms. The fourth-order valence-electron chi connectivity index (χ4n) is 3.11. The molecule has 1 N–H and O–H groups in total. The highest BCUT2D eigenvalue weighted by molar-refractivity contribution is 7.86. The highest BCUT2D eigenvalue weighted by Gasteiger charge is 2.22. The van der Waals surface area contributed by atoms with Crippen molar-refractivity contribution in [3.63, 3.8) is 0 Å². The first kappa shape index (κ1) is 21.1. The lowest BCUT2D eigenvalue weighted by Crippen LogP contribution is -2.14. The first-order valence-corrected chi connectivity index (χ1v) is 10.4. The van der Waals surface area contributed by atoms with Crippen LogP contribution in [0, 0.1) is 11.8 Å². The summed E-state index contributed by atoms with van der Waals surface area (Å²) in [6.07, 6.45) is 1.07. The lowest BCUT2D eigenvalue weighted by atomic mass is 9.82. The second-order valence-corrected chi connectivity index (χ2v) is 8.80. The van der Waals surface area contributed by atoms with Crippen molar-refractivity contribution in [3.8, 4) is 5.75 Å². The maximum absolute atomic E-state index is 12.4. The third-order valence-electron chi connectivity index (χ3n) is 4.43. The Morgan fingerprint density at radius 3 is 2.11 bits per heavy atom. The molecule has 5 nitrogen and oxygen atoms in total. The molecule has 2 rings (SSSR count). The molecule has 0 saturated heterocycles. The quantitative estimate of drug-likeness (QED) is 0.411. The van der Waals surface area contributed by atoms with E-state index in [0.29, 0.717) is 23.5 Å². The van der Waals surface area contributed by atoms with Crippen LogP contribution >= 0.6 is 0 Å². The summed E-state index contributed by atoms with van der Waals surface area (Å²) in [5.74, 6) is 0.962. The van der Waals surface area contributed by atoms with Gasteiger partial charge >= 0.3 is 5.97 Å². The average molecular weight is 391 g/mol. The van der Waals surface area contributed by atoms with E-state index in [-0.39, 0.29) is 5.56 Å². The molecule has 6 heteroatoms. The number of carbonyl (C=O) groups is 1. The standard InChI is InChI=1S/C21H26O5S/c1-14(2)13-19(15(3)4)16-9-11-17(12-10-16)26-21(22)18-7-5-6-8-20(18)27(23,24)25/h5-12,14-15,19H,13H2,1-4H3,(H,23,24,25). The molecule has 0 radical (unpaired) electrons. The molecule has 0 saturated carbocycles. The minimum atomic E-state index is -4.51. The minimum Gasteiger partial charge on any atom is -0.423 e. The third-order valence-corrected chi connectivity index (χ3v) is 5.35. The number of esters is 1. The van der Waals surface area contributed by atoms with Crippen molar-refractivity contribution < 1.29 is 22.5 Å². The van der Waals surface area contributed by atoms with Crippen LogP contribution in [0.4, 0.5) is 0 Å². The van der Waals surface area contributed by atoms with Gasteiger partial charge < -0.3 is 4.74 Å². The van der Waals surface area contributed by atoms with Gasteiger partial charge in [-0.05, 0) is 54.0 Å². The van der Waals surface area contributed by atoms with Crippen LogP contribution in [-0.2, 0) is 10.1 Å². The van der Waals surface area contributed by atoms with Gasteiger partial charge in [0, 0.05) is 0 Å². The van der Waals surface area contributed by atoms with Crippen molar-refractivity contribution in [1.82, 2.24) is 0 Å². The van der Waals surface area contributed by atoms with E-state index in [0.717, 1.165) is 12.5 Å². The Kier molecular flexibility index (Phi) is 6.78. The maximum atomic E-state index is 12.4. The molecule has 0 fully saturated rings. The topological polar surface area (TPSA) is 80.7 Å². The predicted molar refractivity (Wildman–Crippen MR) is 105 cm³/mol. The third kappa shape index (κ3) is 5.65. The average Bonchev–Trinajstić information content (AvgIpc) is 2.59. The second kappa shape index (κ2) is 8.67. The fourth-order valence-corrected chi connectivity index (χ4v) is 3.79. The molecule has 0 spiro atoms. The summed E-state index contributed by atoms with van der Waals surface area (Å²) in [5, 5.41) is 0. The summed E-state index contributed by atoms with van der Waals surface area (Å²) >= 11 is 0. The molecule has 0 aliphatic heterocycles. The highest BCUT2D eigenvalue weighted by Crippen LogP contribution is 2.32. The van der Waals surface area contributed by atoms with Gasteiger partial charge in [0.2, 0.25) is 0 Å². The Bertz CT molecular complexity index is 883. The lowest BCUT2D eigenvalue weighted by molar-refractivity contribution is 0.0730. The first-order valence-electron chi connectivity index (χ1n) is 8.98. The van der Waals surface area contributed by atoms with Crippen LogP contribution in [0.3, 0.4) is 0 Å². The number of ether oxygens (including phenoxy) is 1. The largest absolute Gasteiger partial charge is 0.423 e. The zero-order valence-electron chi connectivity index (χ0n) is 16.0. The number of rotatable bonds is 7. The second-order valence-electron chi connectivity index (χ2n) is 7.41. The molecule has 1 atom stereocenters. The van der Waals surface area contributed by atoms with Gasteiger partial charge in [0.05, 0.1) is 5.56 Å². The van der Waals surface area contributed by atoms with Crippen LogP contribution in [0.15, 0.2) is 53.4 Å². The Hall–Kier alpha value is -2.18. The molecule has 0 aromatic heterocycles. The van der Waals surface area contributed by atoms with E-state index in [1.54, 1.807) is 12.1 Å². The molecule has 0 bridgehead atoms. The summed E-state index contributed by atoms with van der Waals surface area (Å²) in [7, 11) is -4.51.